The Hall–Kier alpha value is -1.32. The van der Waals surface area contributed by atoms with Crippen LogP contribution in [0, 0.1) is 0 Å². The number of benzene rings is 1. The largest absolute Gasteiger partial charge is 0.478 e. The molecule has 0 unspecified atom stereocenters. The van der Waals surface area contributed by atoms with Gasteiger partial charge in [-0.1, -0.05) is 24.3 Å². The number of carbonyl (C=O) groups is 1. The highest BCUT2D eigenvalue weighted by molar-refractivity contribution is 5.89. The van der Waals surface area contributed by atoms with Gasteiger partial charge >= 0.3 is 5.97 Å². The molecule has 0 amide bonds. The number of hydrogen-bond acceptors (Lipinski definition) is 2. The van der Waals surface area contributed by atoms with Gasteiger partial charge in [0.2, 0.25) is 0 Å². The van der Waals surface area contributed by atoms with E-state index in [0.29, 0.717) is 12.0 Å². The van der Waals surface area contributed by atoms with Crippen LogP contribution in [0.5, 0.6) is 0 Å². The summed E-state index contributed by atoms with van der Waals surface area (Å²) >= 11 is 0. The van der Waals surface area contributed by atoms with Crippen LogP contribution >= 0.6 is 12.4 Å². The summed E-state index contributed by atoms with van der Waals surface area (Å²) in [7, 11) is 0. The topological polar surface area (TPSA) is 63.3 Å². The highest BCUT2D eigenvalue weighted by Gasteiger charge is 2.14. The predicted molar refractivity (Wildman–Crippen MR) is 67.0 cm³/mol. The number of carboxylic acids is 1. The van der Waals surface area contributed by atoms with Gasteiger partial charge in [0.05, 0.1) is 5.56 Å². The maximum Gasteiger partial charge on any atom is 0.336 e. The molecule has 1 atom stereocenters. The van der Waals surface area contributed by atoms with E-state index in [0.717, 1.165) is 6.42 Å². The van der Waals surface area contributed by atoms with Crippen molar-refractivity contribution in [2.75, 3.05) is 0 Å². The van der Waals surface area contributed by atoms with E-state index in [9.17, 15) is 4.79 Å². The molecule has 16 heavy (non-hydrogen) atoms. The van der Waals surface area contributed by atoms with Gasteiger partial charge in [0.1, 0.15) is 0 Å². The lowest BCUT2D eigenvalue weighted by molar-refractivity contribution is 0.0695. The molecule has 1 aromatic carbocycles. The first-order valence-corrected chi connectivity index (χ1v) is 4.85. The van der Waals surface area contributed by atoms with Crippen LogP contribution in [0.3, 0.4) is 0 Å². The van der Waals surface area contributed by atoms with Crippen LogP contribution in [0.25, 0.3) is 0 Å². The maximum atomic E-state index is 10.9. The molecule has 0 saturated heterocycles. The molecule has 0 heterocycles. The third-order valence-corrected chi connectivity index (χ3v) is 2.27. The summed E-state index contributed by atoms with van der Waals surface area (Å²) in [5.41, 5.74) is 6.88. The molecule has 0 spiro atoms. The zero-order chi connectivity index (χ0) is 11.3. The summed E-state index contributed by atoms with van der Waals surface area (Å²) in [6.45, 7) is 3.61. The van der Waals surface area contributed by atoms with Crippen molar-refractivity contribution in [3.63, 3.8) is 0 Å². The summed E-state index contributed by atoms with van der Waals surface area (Å²) in [6.07, 6.45) is 3.28. The van der Waals surface area contributed by atoms with Crippen molar-refractivity contribution in [2.24, 2.45) is 5.73 Å². The van der Waals surface area contributed by atoms with E-state index in [1.54, 1.807) is 30.3 Å². The van der Waals surface area contributed by atoms with Crippen molar-refractivity contribution in [3.05, 3.63) is 48.0 Å². The second-order valence-corrected chi connectivity index (χ2v) is 3.36. The van der Waals surface area contributed by atoms with E-state index < -0.39 is 5.97 Å². The number of halogens is 1. The molecule has 0 aliphatic heterocycles. The monoisotopic (exact) mass is 241 g/mol. The molecule has 1 rings (SSSR count). The zero-order valence-corrected chi connectivity index (χ0v) is 9.74. The molecule has 1 aromatic rings. The van der Waals surface area contributed by atoms with Gasteiger partial charge in [-0.25, -0.2) is 4.79 Å². The fourth-order valence-corrected chi connectivity index (χ4v) is 1.47. The standard InChI is InChI=1S/C12H15NO2.ClH/c1-2-3-8-11(13)9-6-4-5-7-10(9)12(14)15;/h2,4-7,11H,1,3,8,13H2,(H,14,15);1H/t11-;/m1./s1. The van der Waals surface area contributed by atoms with Crippen molar-refractivity contribution in [1.82, 2.24) is 0 Å². The van der Waals surface area contributed by atoms with Gasteiger partial charge in [-0.3, -0.25) is 0 Å². The molecule has 4 heteroatoms. The van der Waals surface area contributed by atoms with Gasteiger partial charge in [-0.05, 0) is 24.5 Å². The van der Waals surface area contributed by atoms with Crippen LogP contribution in [0.15, 0.2) is 36.9 Å². The molecule has 0 fully saturated rings. The van der Waals surface area contributed by atoms with Crippen LogP contribution in [0.4, 0.5) is 0 Å². The molecule has 0 radical (unpaired) electrons. The molecule has 0 aliphatic carbocycles. The Kier molecular flexibility index (Phi) is 6.46. The fraction of sp³-hybridized carbons (Fsp3) is 0.250. The van der Waals surface area contributed by atoms with Crippen molar-refractivity contribution >= 4 is 18.4 Å². The smallest absolute Gasteiger partial charge is 0.336 e. The number of rotatable bonds is 5. The van der Waals surface area contributed by atoms with E-state index >= 15 is 0 Å². The van der Waals surface area contributed by atoms with Crippen LogP contribution < -0.4 is 5.73 Å². The second kappa shape index (κ2) is 7.04. The summed E-state index contributed by atoms with van der Waals surface area (Å²) in [5, 5.41) is 8.96. The molecular formula is C12H16ClNO2. The lowest BCUT2D eigenvalue weighted by atomic mass is 9.97. The Balaban J connectivity index is 0.00000225. The van der Waals surface area contributed by atoms with E-state index in [1.807, 2.05) is 0 Å². The summed E-state index contributed by atoms with van der Waals surface area (Å²) < 4.78 is 0. The fourth-order valence-electron chi connectivity index (χ4n) is 1.47. The van der Waals surface area contributed by atoms with Crippen molar-refractivity contribution in [3.8, 4) is 0 Å². The minimum absolute atomic E-state index is 0. The minimum atomic E-state index is -0.931. The predicted octanol–water partition coefficient (Wildman–Crippen LogP) is 2.77. The van der Waals surface area contributed by atoms with Gasteiger partial charge in [0.15, 0.2) is 0 Å². The second-order valence-electron chi connectivity index (χ2n) is 3.36. The van der Waals surface area contributed by atoms with Crippen molar-refractivity contribution in [1.29, 1.82) is 0 Å². The molecule has 0 saturated carbocycles. The highest BCUT2D eigenvalue weighted by atomic mass is 35.5. The molecule has 0 bridgehead atoms. The minimum Gasteiger partial charge on any atom is -0.478 e. The van der Waals surface area contributed by atoms with Crippen molar-refractivity contribution in [2.45, 2.75) is 18.9 Å². The first kappa shape index (κ1) is 14.7. The van der Waals surface area contributed by atoms with Gasteiger partial charge in [0.25, 0.3) is 0 Å². The lowest BCUT2D eigenvalue weighted by Gasteiger charge is -2.13. The Morgan fingerprint density at radius 1 is 1.50 bits per heavy atom. The number of hydrogen-bond donors (Lipinski definition) is 2. The first-order chi connectivity index (χ1) is 7.16. The van der Waals surface area contributed by atoms with Gasteiger partial charge in [-0.2, -0.15) is 0 Å². The number of carboxylic acid groups (broad SMARTS) is 1. The summed E-state index contributed by atoms with van der Waals surface area (Å²) in [6, 6.07) is 6.60. The average molecular weight is 242 g/mol. The van der Waals surface area contributed by atoms with Crippen LogP contribution in [-0.4, -0.2) is 11.1 Å². The summed E-state index contributed by atoms with van der Waals surface area (Å²) in [5.74, 6) is -0.931. The number of aromatic carboxylic acids is 1. The van der Waals surface area contributed by atoms with E-state index in [4.69, 9.17) is 10.8 Å². The third-order valence-electron chi connectivity index (χ3n) is 2.27. The lowest BCUT2D eigenvalue weighted by Crippen LogP contribution is -2.14. The normalized spacial score (nSPS) is 11.3. The average Bonchev–Trinajstić information content (AvgIpc) is 2.25. The molecule has 3 N–H and O–H groups in total. The van der Waals surface area contributed by atoms with Crippen LogP contribution in [0.1, 0.15) is 34.8 Å². The maximum absolute atomic E-state index is 10.9. The first-order valence-electron chi connectivity index (χ1n) is 4.85. The molecule has 3 nitrogen and oxygen atoms in total. The van der Waals surface area contributed by atoms with Gasteiger partial charge in [0, 0.05) is 6.04 Å². The summed E-state index contributed by atoms with van der Waals surface area (Å²) in [4.78, 5) is 10.9. The number of nitrogens with two attached hydrogens (primary N) is 1. The molecule has 0 aromatic heterocycles. The van der Waals surface area contributed by atoms with E-state index in [2.05, 4.69) is 6.58 Å². The highest BCUT2D eigenvalue weighted by Crippen LogP contribution is 2.20. The molecule has 88 valence electrons. The Labute approximate surface area is 101 Å². The quantitative estimate of drug-likeness (QED) is 0.780. The molecule has 0 aliphatic rings. The Bertz CT molecular complexity index is 366. The van der Waals surface area contributed by atoms with Gasteiger partial charge < -0.3 is 10.8 Å². The van der Waals surface area contributed by atoms with Crippen LogP contribution in [-0.2, 0) is 0 Å². The van der Waals surface area contributed by atoms with Crippen molar-refractivity contribution < 1.29 is 9.90 Å². The van der Waals surface area contributed by atoms with E-state index in [1.165, 1.54) is 0 Å². The van der Waals surface area contributed by atoms with E-state index in [-0.39, 0.29) is 24.0 Å². The molecular weight excluding hydrogens is 226 g/mol. The SMILES string of the molecule is C=CCC[C@@H](N)c1ccccc1C(=O)O.Cl. The van der Waals surface area contributed by atoms with Crippen LogP contribution in [0.2, 0.25) is 0 Å². The Morgan fingerprint density at radius 3 is 2.69 bits per heavy atom. The third kappa shape index (κ3) is 3.68. The number of allylic oxidation sites excluding steroid dienone is 1. The van der Waals surface area contributed by atoms with Gasteiger partial charge in [-0.15, -0.1) is 19.0 Å². The Morgan fingerprint density at radius 2 is 2.12 bits per heavy atom. The zero-order valence-electron chi connectivity index (χ0n) is 8.93.